The maximum Gasteiger partial charge on any atom is 0.137 e. The number of hydrogen-bond donors (Lipinski definition) is 0. The summed E-state index contributed by atoms with van der Waals surface area (Å²) in [7, 11) is 8.50. The molecule has 0 aliphatic carbocycles. The van der Waals surface area contributed by atoms with Gasteiger partial charge in [0.15, 0.2) is 0 Å². The van der Waals surface area contributed by atoms with Gasteiger partial charge in [-0.3, -0.25) is 9.59 Å². The van der Waals surface area contributed by atoms with Crippen LogP contribution in [-0.2, 0) is 9.59 Å². The van der Waals surface area contributed by atoms with Crippen LogP contribution < -0.4 is 12.4 Å². The van der Waals surface area contributed by atoms with Gasteiger partial charge in [0.05, 0.1) is 34.6 Å². The standard InChI is InChI=1S/C5H8O2.C4H12N.ClH/c1-4(6)3-5(2)7;1-5(2,3)4;/h3H2,1-2H3;1-4H3;1H/q;+1;/p-1. The van der Waals surface area contributed by atoms with Gasteiger partial charge in [-0.15, -0.1) is 0 Å². The highest BCUT2D eigenvalue weighted by atomic mass is 35.5. The van der Waals surface area contributed by atoms with Crippen LogP contribution in [-0.4, -0.2) is 44.2 Å². The minimum atomic E-state index is -0.0625. The summed E-state index contributed by atoms with van der Waals surface area (Å²) in [6, 6.07) is 0. The molecule has 0 fully saturated rings. The van der Waals surface area contributed by atoms with E-state index in [1.165, 1.54) is 13.8 Å². The molecule has 13 heavy (non-hydrogen) atoms. The van der Waals surface area contributed by atoms with E-state index in [9.17, 15) is 9.59 Å². The molecule has 0 unspecified atom stereocenters. The van der Waals surface area contributed by atoms with Crippen LogP contribution >= 0.6 is 0 Å². The average Bonchev–Trinajstić information content (AvgIpc) is 1.52. The molecule has 0 aliphatic rings. The van der Waals surface area contributed by atoms with E-state index in [4.69, 9.17) is 0 Å². The van der Waals surface area contributed by atoms with Crippen LogP contribution in [0.1, 0.15) is 20.3 Å². The van der Waals surface area contributed by atoms with Crippen molar-refractivity contribution in [1.29, 1.82) is 0 Å². The first-order valence-electron chi connectivity index (χ1n) is 3.90. The summed E-state index contributed by atoms with van der Waals surface area (Å²) in [6.45, 7) is 2.81. The molecule has 0 spiro atoms. The highest BCUT2D eigenvalue weighted by Crippen LogP contribution is 1.80. The van der Waals surface area contributed by atoms with Crippen LogP contribution in [0.2, 0.25) is 0 Å². The van der Waals surface area contributed by atoms with Gasteiger partial charge in [-0.2, -0.15) is 0 Å². The number of nitrogens with zero attached hydrogens (tertiary/aromatic N) is 1. The monoisotopic (exact) mass is 209 g/mol. The van der Waals surface area contributed by atoms with Crippen LogP contribution in [0.4, 0.5) is 0 Å². The van der Waals surface area contributed by atoms with Gasteiger partial charge >= 0.3 is 0 Å². The second-order valence-corrected chi connectivity index (χ2v) is 4.26. The zero-order valence-electron chi connectivity index (χ0n) is 9.35. The van der Waals surface area contributed by atoms with Gasteiger partial charge in [0.1, 0.15) is 11.6 Å². The van der Waals surface area contributed by atoms with Gasteiger partial charge < -0.3 is 16.9 Å². The minimum absolute atomic E-state index is 0. The molecule has 0 aromatic carbocycles. The van der Waals surface area contributed by atoms with Crippen molar-refractivity contribution in [2.75, 3.05) is 28.2 Å². The first-order valence-corrected chi connectivity index (χ1v) is 3.90. The van der Waals surface area contributed by atoms with Gasteiger partial charge in [0.25, 0.3) is 0 Å². The maximum absolute atomic E-state index is 10.0. The molecule has 0 radical (unpaired) electrons. The maximum atomic E-state index is 10.0. The average molecular weight is 210 g/mol. The normalized spacial score (nSPS) is 9.08. The second kappa shape index (κ2) is 8.20. The first kappa shape index (κ1) is 18.4. The molecule has 0 atom stereocenters. The quantitative estimate of drug-likeness (QED) is 0.385. The lowest BCUT2D eigenvalue weighted by molar-refractivity contribution is -0.849. The molecule has 0 heterocycles. The molecule has 0 saturated heterocycles. The Bertz CT molecular complexity index is 143. The SMILES string of the molecule is CC(=O)CC(C)=O.C[N+](C)(C)C.[Cl-]. The number of ketones is 2. The van der Waals surface area contributed by atoms with Crippen LogP contribution in [0, 0.1) is 0 Å². The fourth-order valence-electron chi connectivity index (χ4n) is 0.351. The van der Waals surface area contributed by atoms with Crippen molar-refractivity contribution in [3.63, 3.8) is 0 Å². The second-order valence-electron chi connectivity index (χ2n) is 4.26. The molecule has 0 aliphatic heterocycles. The fourth-order valence-corrected chi connectivity index (χ4v) is 0.351. The summed E-state index contributed by atoms with van der Waals surface area (Å²) in [5.41, 5.74) is 0. The third-order valence-corrected chi connectivity index (χ3v) is 0.498. The molecule has 0 saturated carbocycles. The van der Waals surface area contributed by atoms with E-state index in [1.807, 2.05) is 0 Å². The summed E-state index contributed by atoms with van der Waals surface area (Å²) in [4.78, 5) is 20.1. The summed E-state index contributed by atoms with van der Waals surface area (Å²) >= 11 is 0. The van der Waals surface area contributed by atoms with Crippen molar-refractivity contribution >= 4 is 11.6 Å². The van der Waals surface area contributed by atoms with E-state index in [2.05, 4.69) is 28.2 Å². The lowest BCUT2D eigenvalue weighted by Gasteiger charge is -2.14. The van der Waals surface area contributed by atoms with Crippen molar-refractivity contribution in [3.8, 4) is 0 Å². The molecule has 0 bridgehead atoms. The van der Waals surface area contributed by atoms with Crippen molar-refractivity contribution in [2.45, 2.75) is 20.3 Å². The Balaban J connectivity index is -0.000000150. The van der Waals surface area contributed by atoms with Crippen molar-refractivity contribution in [3.05, 3.63) is 0 Å². The highest BCUT2D eigenvalue weighted by Gasteiger charge is 1.94. The van der Waals surface area contributed by atoms with Gasteiger partial charge in [-0.05, 0) is 13.8 Å². The molecule has 4 heteroatoms. The van der Waals surface area contributed by atoms with E-state index in [0.717, 1.165) is 4.48 Å². The number of rotatable bonds is 2. The van der Waals surface area contributed by atoms with E-state index >= 15 is 0 Å². The first-order chi connectivity index (χ1) is 5.13. The lowest BCUT2D eigenvalue weighted by atomic mass is 10.2. The number of carbonyl (C=O) groups excluding carboxylic acids is 2. The van der Waals surface area contributed by atoms with Crippen molar-refractivity contribution in [1.82, 2.24) is 0 Å². The molecular formula is C9H20ClNO2. The van der Waals surface area contributed by atoms with Gasteiger partial charge in [-0.1, -0.05) is 0 Å². The van der Waals surface area contributed by atoms with Crippen molar-refractivity contribution < 1.29 is 26.5 Å². The Morgan fingerprint density at radius 1 is 0.923 bits per heavy atom. The zero-order valence-corrected chi connectivity index (χ0v) is 10.1. The summed E-state index contributed by atoms with van der Waals surface area (Å²) in [5.74, 6) is -0.125. The topological polar surface area (TPSA) is 34.1 Å². The Labute approximate surface area is 87.1 Å². The van der Waals surface area contributed by atoms with Crippen molar-refractivity contribution in [2.24, 2.45) is 0 Å². The van der Waals surface area contributed by atoms with Crippen LogP contribution in [0.15, 0.2) is 0 Å². The Morgan fingerprint density at radius 2 is 1.08 bits per heavy atom. The molecule has 0 aromatic heterocycles. The largest absolute Gasteiger partial charge is 1.00 e. The molecule has 0 N–H and O–H groups in total. The molecule has 0 aromatic rings. The number of hydrogen-bond acceptors (Lipinski definition) is 2. The van der Waals surface area contributed by atoms with Gasteiger partial charge in [0, 0.05) is 0 Å². The zero-order chi connectivity index (χ0) is 10.4. The van der Waals surface area contributed by atoms with E-state index in [-0.39, 0.29) is 30.4 Å². The third kappa shape index (κ3) is 82.7. The minimum Gasteiger partial charge on any atom is -1.00 e. The predicted molar refractivity (Wildman–Crippen MR) is 49.9 cm³/mol. The Morgan fingerprint density at radius 3 is 1.08 bits per heavy atom. The summed E-state index contributed by atoms with van der Waals surface area (Å²) in [6.07, 6.45) is 0.0833. The molecular weight excluding hydrogens is 190 g/mol. The van der Waals surface area contributed by atoms with E-state index in [0.29, 0.717) is 0 Å². The molecule has 0 amide bonds. The Kier molecular flexibility index (Phi) is 11.6. The van der Waals surface area contributed by atoms with Crippen LogP contribution in [0.5, 0.6) is 0 Å². The molecule has 80 valence electrons. The summed E-state index contributed by atoms with van der Waals surface area (Å²) in [5, 5.41) is 0. The summed E-state index contributed by atoms with van der Waals surface area (Å²) < 4.78 is 1.00. The molecule has 0 rings (SSSR count). The van der Waals surface area contributed by atoms with Crippen LogP contribution in [0.25, 0.3) is 0 Å². The number of quaternary nitrogens is 1. The highest BCUT2D eigenvalue weighted by molar-refractivity contribution is 5.96. The van der Waals surface area contributed by atoms with Crippen LogP contribution in [0.3, 0.4) is 0 Å². The van der Waals surface area contributed by atoms with Gasteiger partial charge in [0.2, 0.25) is 0 Å². The Hall–Kier alpha value is -0.410. The number of Topliss-reactive ketones (excluding diaryl/α,β-unsaturated/α-hetero) is 2. The lowest BCUT2D eigenvalue weighted by Crippen LogP contribution is -3.00. The number of halogens is 1. The fraction of sp³-hybridized carbons (Fsp3) is 0.778. The third-order valence-electron chi connectivity index (χ3n) is 0.498. The smallest absolute Gasteiger partial charge is 0.137 e. The predicted octanol–water partition coefficient (Wildman–Crippen LogP) is -2.12. The van der Waals surface area contributed by atoms with E-state index in [1.54, 1.807) is 0 Å². The molecule has 3 nitrogen and oxygen atoms in total. The van der Waals surface area contributed by atoms with E-state index < -0.39 is 0 Å². The number of carbonyl (C=O) groups is 2. The van der Waals surface area contributed by atoms with Gasteiger partial charge in [-0.25, -0.2) is 0 Å².